The molecule has 0 aliphatic carbocycles. The maximum atomic E-state index is 12.5. The highest BCUT2D eigenvalue weighted by molar-refractivity contribution is 6.15. The van der Waals surface area contributed by atoms with Crippen LogP contribution in [0.1, 0.15) is 39.2 Å². The average Bonchev–Trinajstić information content (AvgIpc) is 2.84. The third kappa shape index (κ3) is 3.27. The summed E-state index contributed by atoms with van der Waals surface area (Å²) in [6.45, 7) is 6.47. The molecule has 1 fully saturated rings. The van der Waals surface area contributed by atoms with Crippen LogP contribution < -0.4 is 5.32 Å². The second-order valence-electron chi connectivity index (χ2n) is 7.28. The molecule has 0 unspecified atom stereocenters. The summed E-state index contributed by atoms with van der Waals surface area (Å²) < 4.78 is 5.40. The zero-order valence-corrected chi connectivity index (χ0v) is 14.3. The molecule has 2 amide bonds. The Morgan fingerprint density at radius 2 is 1.83 bits per heavy atom. The molecule has 2 aliphatic rings. The summed E-state index contributed by atoms with van der Waals surface area (Å²) in [5.41, 5.74) is -0.378. The first-order valence-electron chi connectivity index (χ1n) is 8.24. The number of carbonyl (C=O) groups excluding carboxylic acids is 2. The van der Waals surface area contributed by atoms with Crippen LogP contribution in [0, 0.1) is 0 Å². The molecule has 2 heterocycles. The smallest absolute Gasteiger partial charge is 0.410 e. The number of nitrogens with zero attached hydrogens (tertiary/aromatic N) is 2. The fourth-order valence-electron chi connectivity index (χ4n) is 2.97. The van der Waals surface area contributed by atoms with Crippen LogP contribution in [0.25, 0.3) is 0 Å². The summed E-state index contributed by atoms with van der Waals surface area (Å²) in [6.07, 6.45) is 0.686. The topological polar surface area (TPSA) is 71.0 Å². The molecule has 2 aliphatic heterocycles. The second-order valence-corrected chi connectivity index (χ2v) is 7.28. The second kappa shape index (κ2) is 5.92. The predicted molar refractivity (Wildman–Crippen MR) is 90.9 cm³/mol. The van der Waals surface area contributed by atoms with Crippen molar-refractivity contribution < 1.29 is 14.3 Å². The molecular formula is C18H23N3O3. The lowest BCUT2D eigenvalue weighted by molar-refractivity contribution is -0.125. The summed E-state index contributed by atoms with van der Waals surface area (Å²) in [6, 6.07) is 9.61. The van der Waals surface area contributed by atoms with E-state index < -0.39 is 11.1 Å². The highest BCUT2D eigenvalue weighted by atomic mass is 16.6. The molecule has 3 rings (SSSR count). The van der Waals surface area contributed by atoms with E-state index in [9.17, 15) is 9.59 Å². The van der Waals surface area contributed by atoms with Crippen LogP contribution in [-0.4, -0.2) is 47.0 Å². The van der Waals surface area contributed by atoms with Gasteiger partial charge < -0.3 is 15.0 Å². The Bertz CT molecular complexity index is 668. The van der Waals surface area contributed by atoms with E-state index >= 15 is 0 Å². The molecular weight excluding hydrogens is 306 g/mol. The van der Waals surface area contributed by atoms with Gasteiger partial charge >= 0.3 is 6.09 Å². The van der Waals surface area contributed by atoms with E-state index in [2.05, 4.69) is 10.3 Å². The van der Waals surface area contributed by atoms with Crippen LogP contribution in [0.4, 0.5) is 4.79 Å². The van der Waals surface area contributed by atoms with E-state index in [0.717, 1.165) is 5.56 Å². The lowest BCUT2D eigenvalue weighted by atomic mass is 9.88. The van der Waals surface area contributed by atoms with Crippen molar-refractivity contribution in [3.05, 3.63) is 35.9 Å². The van der Waals surface area contributed by atoms with Gasteiger partial charge in [0.2, 0.25) is 0 Å². The molecule has 0 aromatic heterocycles. The van der Waals surface area contributed by atoms with E-state index in [1.807, 2.05) is 51.1 Å². The first kappa shape index (κ1) is 16.5. The number of ether oxygens (including phenoxy) is 1. The Morgan fingerprint density at radius 1 is 1.21 bits per heavy atom. The normalized spacial score (nSPS) is 19.9. The van der Waals surface area contributed by atoms with Crippen molar-refractivity contribution >= 4 is 17.8 Å². The molecule has 1 saturated heterocycles. The van der Waals surface area contributed by atoms with Gasteiger partial charge in [0, 0.05) is 18.7 Å². The van der Waals surface area contributed by atoms with Gasteiger partial charge in [-0.05, 0) is 33.6 Å². The molecule has 128 valence electrons. The number of rotatable bonds is 1. The Kier molecular flexibility index (Phi) is 4.07. The third-order valence-corrected chi connectivity index (χ3v) is 4.27. The lowest BCUT2D eigenvalue weighted by Crippen LogP contribution is -2.51. The van der Waals surface area contributed by atoms with Crippen molar-refractivity contribution in [3.63, 3.8) is 0 Å². The standard InChI is InChI=1S/C18H23N3O3/c1-17(2,3)24-16(23)21-11-9-18(10-12-21)15(22)19-14(20-18)13-7-5-4-6-8-13/h4-8H,9-12H2,1-3H3,(H,19,20,22). The molecule has 1 aromatic rings. The quantitative estimate of drug-likeness (QED) is 0.859. The van der Waals surface area contributed by atoms with Crippen LogP contribution in [-0.2, 0) is 9.53 Å². The van der Waals surface area contributed by atoms with Gasteiger partial charge in [0.25, 0.3) is 5.91 Å². The first-order valence-corrected chi connectivity index (χ1v) is 8.24. The molecule has 0 saturated carbocycles. The van der Waals surface area contributed by atoms with Gasteiger partial charge in [-0.2, -0.15) is 0 Å². The fraction of sp³-hybridized carbons (Fsp3) is 0.500. The van der Waals surface area contributed by atoms with Crippen LogP contribution in [0.3, 0.4) is 0 Å². The van der Waals surface area contributed by atoms with E-state index in [4.69, 9.17) is 4.74 Å². The number of hydrogen-bond donors (Lipinski definition) is 1. The Hall–Kier alpha value is -2.37. The molecule has 6 heteroatoms. The molecule has 1 N–H and O–H groups in total. The molecule has 0 radical (unpaired) electrons. The fourth-order valence-corrected chi connectivity index (χ4v) is 2.97. The molecule has 6 nitrogen and oxygen atoms in total. The number of aliphatic imine (C=N–C) groups is 1. The van der Waals surface area contributed by atoms with E-state index in [-0.39, 0.29) is 12.0 Å². The molecule has 0 atom stereocenters. The van der Waals surface area contributed by atoms with Gasteiger partial charge in [-0.15, -0.1) is 0 Å². The number of likely N-dealkylation sites (tertiary alicyclic amines) is 1. The number of hydrogen-bond acceptors (Lipinski definition) is 4. The van der Waals surface area contributed by atoms with Gasteiger partial charge in [-0.1, -0.05) is 30.3 Å². The number of amidine groups is 1. The zero-order valence-electron chi connectivity index (χ0n) is 14.3. The monoisotopic (exact) mass is 329 g/mol. The van der Waals surface area contributed by atoms with Gasteiger partial charge in [0.15, 0.2) is 0 Å². The molecule has 24 heavy (non-hydrogen) atoms. The van der Waals surface area contributed by atoms with Gasteiger partial charge in [0.1, 0.15) is 17.0 Å². The van der Waals surface area contributed by atoms with Crippen molar-refractivity contribution in [2.45, 2.75) is 44.8 Å². The lowest BCUT2D eigenvalue weighted by Gasteiger charge is -2.36. The Labute approximate surface area is 141 Å². The predicted octanol–water partition coefficient (Wildman–Crippen LogP) is 2.33. The SMILES string of the molecule is CC(C)(C)OC(=O)N1CCC2(CC1)N=C(c1ccccc1)NC2=O. The summed E-state index contributed by atoms with van der Waals surface area (Å²) in [5, 5.41) is 2.89. The molecule has 1 aromatic carbocycles. The summed E-state index contributed by atoms with van der Waals surface area (Å²) in [4.78, 5) is 31.0. The number of amides is 2. The van der Waals surface area contributed by atoms with Crippen molar-refractivity contribution in [2.24, 2.45) is 4.99 Å². The minimum atomic E-state index is -0.760. The van der Waals surface area contributed by atoms with Crippen LogP contribution >= 0.6 is 0 Å². The Balaban J connectivity index is 1.70. The molecule has 1 spiro atoms. The number of nitrogens with one attached hydrogen (secondary N) is 1. The van der Waals surface area contributed by atoms with Crippen LogP contribution in [0.2, 0.25) is 0 Å². The van der Waals surface area contributed by atoms with Crippen molar-refractivity contribution in [3.8, 4) is 0 Å². The van der Waals surface area contributed by atoms with Crippen molar-refractivity contribution in [2.75, 3.05) is 13.1 Å². The van der Waals surface area contributed by atoms with Gasteiger partial charge in [-0.3, -0.25) is 9.79 Å². The summed E-state index contributed by atoms with van der Waals surface area (Å²) in [5.74, 6) is 0.538. The Morgan fingerprint density at radius 3 is 2.42 bits per heavy atom. The van der Waals surface area contributed by atoms with E-state index in [0.29, 0.717) is 31.8 Å². The van der Waals surface area contributed by atoms with E-state index in [1.165, 1.54) is 0 Å². The largest absolute Gasteiger partial charge is 0.444 e. The minimum Gasteiger partial charge on any atom is -0.444 e. The van der Waals surface area contributed by atoms with Crippen molar-refractivity contribution in [1.82, 2.24) is 10.2 Å². The average molecular weight is 329 g/mol. The number of benzene rings is 1. The van der Waals surface area contributed by atoms with Crippen LogP contribution in [0.15, 0.2) is 35.3 Å². The number of piperidine rings is 1. The highest BCUT2D eigenvalue weighted by Crippen LogP contribution is 2.31. The van der Waals surface area contributed by atoms with Gasteiger partial charge in [-0.25, -0.2) is 4.79 Å². The molecule has 0 bridgehead atoms. The maximum Gasteiger partial charge on any atom is 0.410 e. The number of carbonyl (C=O) groups is 2. The van der Waals surface area contributed by atoms with Gasteiger partial charge in [0.05, 0.1) is 0 Å². The maximum absolute atomic E-state index is 12.5. The zero-order chi connectivity index (χ0) is 17.4. The van der Waals surface area contributed by atoms with Crippen molar-refractivity contribution in [1.29, 1.82) is 0 Å². The first-order chi connectivity index (χ1) is 11.3. The minimum absolute atomic E-state index is 0.0785. The van der Waals surface area contributed by atoms with Crippen LogP contribution in [0.5, 0.6) is 0 Å². The van der Waals surface area contributed by atoms with E-state index in [1.54, 1.807) is 4.90 Å². The third-order valence-electron chi connectivity index (χ3n) is 4.27. The highest BCUT2D eigenvalue weighted by Gasteiger charge is 2.46. The summed E-state index contributed by atoms with van der Waals surface area (Å²) in [7, 11) is 0. The summed E-state index contributed by atoms with van der Waals surface area (Å²) >= 11 is 0.